The molecule has 0 radical (unpaired) electrons. The Hall–Kier alpha value is -1.62. The van der Waals surface area contributed by atoms with E-state index in [1.54, 1.807) is 24.1 Å². The van der Waals surface area contributed by atoms with Gasteiger partial charge in [0.05, 0.1) is 0 Å². The number of hydrogen-bond acceptors (Lipinski definition) is 3. The molecule has 2 N–H and O–H groups in total. The molecule has 2 rings (SSSR count). The SMILES string of the molecule is CN(C(=O)COc1c(F)cccc1CN)C1CC1. The summed E-state index contributed by atoms with van der Waals surface area (Å²) in [5.74, 6) is -0.541. The van der Waals surface area contributed by atoms with Crippen molar-refractivity contribution in [3.05, 3.63) is 29.6 Å². The van der Waals surface area contributed by atoms with Crippen LogP contribution in [-0.2, 0) is 11.3 Å². The Bertz CT molecular complexity index is 447. The van der Waals surface area contributed by atoms with Crippen LogP contribution in [0.4, 0.5) is 4.39 Å². The molecule has 1 fully saturated rings. The summed E-state index contributed by atoms with van der Waals surface area (Å²) < 4.78 is 18.8. The summed E-state index contributed by atoms with van der Waals surface area (Å²) in [4.78, 5) is 13.4. The van der Waals surface area contributed by atoms with Crippen molar-refractivity contribution in [2.24, 2.45) is 5.73 Å². The monoisotopic (exact) mass is 252 g/mol. The molecule has 1 amide bonds. The first-order chi connectivity index (χ1) is 8.63. The van der Waals surface area contributed by atoms with Crippen molar-refractivity contribution in [1.29, 1.82) is 0 Å². The van der Waals surface area contributed by atoms with Crippen LogP contribution in [0.25, 0.3) is 0 Å². The largest absolute Gasteiger partial charge is 0.480 e. The summed E-state index contributed by atoms with van der Waals surface area (Å²) in [5.41, 5.74) is 6.07. The second-order valence-electron chi connectivity index (χ2n) is 4.46. The predicted molar refractivity (Wildman–Crippen MR) is 65.6 cm³/mol. The summed E-state index contributed by atoms with van der Waals surface area (Å²) in [7, 11) is 1.74. The van der Waals surface area contributed by atoms with Crippen LogP contribution in [0.2, 0.25) is 0 Å². The van der Waals surface area contributed by atoms with E-state index in [1.807, 2.05) is 0 Å². The van der Waals surface area contributed by atoms with Crippen molar-refractivity contribution in [2.45, 2.75) is 25.4 Å². The van der Waals surface area contributed by atoms with Gasteiger partial charge < -0.3 is 15.4 Å². The standard InChI is InChI=1S/C13H17FN2O2/c1-16(10-5-6-10)12(17)8-18-13-9(7-15)3-2-4-11(13)14/h2-4,10H,5-8,15H2,1H3. The van der Waals surface area contributed by atoms with Crippen molar-refractivity contribution in [1.82, 2.24) is 4.90 Å². The molecule has 1 aromatic carbocycles. The fourth-order valence-corrected chi connectivity index (χ4v) is 1.78. The molecule has 4 nitrogen and oxygen atoms in total. The molecule has 0 spiro atoms. The summed E-state index contributed by atoms with van der Waals surface area (Å²) in [6.45, 7) is 0.0285. The van der Waals surface area contributed by atoms with Gasteiger partial charge in [0.25, 0.3) is 5.91 Å². The summed E-state index contributed by atoms with van der Waals surface area (Å²) in [6, 6.07) is 4.88. The Morgan fingerprint density at radius 1 is 1.56 bits per heavy atom. The van der Waals surface area contributed by atoms with Gasteiger partial charge in [0, 0.05) is 25.2 Å². The van der Waals surface area contributed by atoms with Gasteiger partial charge in [-0.3, -0.25) is 4.79 Å². The maximum Gasteiger partial charge on any atom is 0.260 e. The van der Waals surface area contributed by atoms with Gasteiger partial charge in [0.2, 0.25) is 0 Å². The number of nitrogens with two attached hydrogens (primary N) is 1. The third kappa shape index (κ3) is 2.79. The van der Waals surface area contributed by atoms with Gasteiger partial charge in [-0.1, -0.05) is 12.1 Å². The first-order valence-electron chi connectivity index (χ1n) is 5.99. The lowest BCUT2D eigenvalue weighted by atomic mass is 10.2. The number of ether oxygens (including phenoxy) is 1. The number of halogens is 1. The average Bonchev–Trinajstić information content (AvgIpc) is 3.20. The van der Waals surface area contributed by atoms with Crippen molar-refractivity contribution in [3.8, 4) is 5.75 Å². The minimum Gasteiger partial charge on any atom is -0.480 e. The van der Waals surface area contributed by atoms with E-state index in [0.29, 0.717) is 11.6 Å². The van der Waals surface area contributed by atoms with Gasteiger partial charge in [-0.15, -0.1) is 0 Å². The van der Waals surface area contributed by atoms with Crippen molar-refractivity contribution < 1.29 is 13.9 Å². The molecule has 0 unspecified atom stereocenters. The number of hydrogen-bond donors (Lipinski definition) is 1. The average molecular weight is 252 g/mol. The number of amides is 1. The fraction of sp³-hybridized carbons (Fsp3) is 0.462. The van der Waals surface area contributed by atoms with E-state index in [-0.39, 0.29) is 24.8 Å². The van der Waals surface area contributed by atoms with Crippen molar-refractivity contribution >= 4 is 5.91 Å². The molecule has 1 aliphatic rings. The van der Waals surface area contributed by atoms with E-state index in [2.05, 4.69) is 0 Å². The summed E-state index contributed by atoms with van der Waals surface area (Å²) >= 11 is 0. The zero-order valence-electron chi connectivity index (χ0n) is 10.4. The first-order valence-corrected chi connectivity index (χ1v) is 5.99. The highest BCUT2D eigenvalue weighted by Crippen LogP contribution is 2.26. The van der Waals surface area contributed by atoms with Gasteiger partial charge >= 0.3 is 0 Å². The molecule has 98 valence electrons. The van der Waals surface area contributed by atoms with E-state index >= 15 is 0 Å². The van der Waals surface area contributed by atoms with Gasteiger partial charge in [-0.05, 0) is 18.9 Å². The molecule has 0 aliphatic heterocycles. The molecule has 0 heterocycles. The van der Waals surface area contributed by atoms with Crippen LogP contribution < -0.4 is 10.5 Å². The quantitative estimate of drug-likeness (QED) is 0.859. The van der Waals surface area contributed by atoms with E-state index in [0.717, 1.165) is 12.8 Å². The highest BCUT2D eigenvalue weighted by atomic mass is 19.1. The maximum absolute atomic E-state index is 13.6. The van der Waals surface area contributed by atoms with Gasteiger partial charge in [0.1, 0.15) is 0 Å². The second-order valence-corrected chi connectivity index (χ2v) is 4.46. The smallest absolute Gasteiger partial charge is 0.260 e. The molecule has 0 aromatic heterocycles. The normalized spacial score (nSPS) is 14.4. The Morgan fingerprint density at radius 2 is 2.28 bits per heavy atom. The van der Waals surface area contributed by atoms with E-state index in [1.165, 1.54) is 6.07 Å². The lowest BCUT2D eigenvalue weighted by Gasteiger charge is -2.17. The molecule has 0 atom stereocenters. The molecule has 1 aromatic rings. The molecular formula is C13H17FN2O2. The summed E-state index contributed by atoms with van der Waals surface area (Å²) in [6.07, 6.45) is 2.08. The van der Waals surface area contributed by atoms with Gasteiger partial charge in [-0.25, -0.2) is 4.39 Å². The van der Waals surface area contributed by atoms with Crippen LogP contribution in [0.5, 0.6) is 5.75 Å². The zero-order chi connectivity index (χ0) is 13.1. The molecule has 0 saturated heterocycles. The molecule has 0 bridgehead atoms. The Kier molecular flexibility index (Phi) is 3.81. The van der Waals surface area contributed by atoms with Crippen LogP contribution >= 0.6 is 0 Å². The number of rotatable bonds is 5. The highest BCUT2D eigenvalue weighted by Gasteiger charge is 2.29. The topological polar surface area (TPSA) is 55.6 Å². The highest BCUT2D eigenvalue weighted by molar-refractivity contribution is 5.78. The number of carbonyl (C=O) groups excluding carboxylic acids is 1. The van der Waals surface area contributed by atoms with Crippen LogP contribution in [-0.4, -0.2) is 30.5 Å². The lowest BCUT2D eigenvalue weighted by Crippen LogP contribution is -2.33. The molecule has 5 heteroatoms. The van der Waals surface area contributed by atoms with Crippen LogP contribution in [0.15, 0.2) is 18.2 Å². The minimum absolute atomic E-state index is 0.0811. The number of nitrogens with zero attached hydrogens (tertiary/aromatic N) is 1. The maximum atomic E-state index is 13.6. The van der Waals surface area contributed by atoms with Gasteiger partial charge in [-0.2, -0.15) is 0 Å². The Balaban J connectivity index is 1.99. The predicted octanol–water partition coefficient (Wildman–Crippen LogP) is 1.28. The van der Waals surface area contributed by atoms with E-state index in [4.69, 9.17) is 10.5 Å². The third-order valence-electron chi connectivity index (χ3n) is 3.10. The number of benzene rings is 1. The molecular weight excluding hydrogens is 235 g/mol. The third-order valence-corrected chi connectivity index (χ3v) is 3.10. The first kappa shape index (κ1) is 12.8. The van der Waals surface area contributed by atoms with Crippen LogP contribution in [0.1, 0.15) is 18.4 Å². The fourth-order valence-electron chi connectivity index (χ4n) is 1.78. The minimum atomic E-state index is -0.486. The van der Waals surface area contributed by atoms with Crippen molar-refractivity contribution in [3.63, 3.8) is 0 Å². The van der Waals surface area contributed by atoms with Crippen LogP contribution in [0, 0.1) is 5.82 Å². The lowest BCUT2D eigenvalue weighted by molar-refractivity contribution is -0.132. The zero-order valence-corrected chi connectivity index (χ0v) is 10.4. The van der Waals surface area contributed by atoms with Gasteiger partial charge in [0.15, 0.2) is 18.2 Å². The second kappa shape index (κ2) is 5.35. The Labute approximate surface area is 106 Å². The molecule has 1 aliphatic carbocycles. The van der Waals surface area contributed by atoms with Crippen LogP contribution in [0.3, 0.4) is 0 Å². The molecule has 1 saturated carbocycles. The Morgan fingerprint density at radius 3 is 2.89 bits per heavy atom. The van der Waals surface area contributed by atoms with E-state index < -0.39 is 5.82 Å². The number of likely N-dealkylation sites (N-methyl/N-ethyl adjacent to an activating group) is 1. The number of para-hydroxylation sites is 1. The van der Waals surface area contributed by atoms with E-state index in [9.17, 15) is 9.18 Å². The summed E-state index contributed by atoms with van der Waals surface area (Å²) in [5, 5.41) is 0. The number of carbonyl (C=O) groups is 1. The molecule has 18 heavy (non-hydrogen) atoms. The van der Waals surface area contributed by atoms with Crippen molar-refractivity contribution in [2.75, 3.05) is 13.7 Å².